The van der Waals surface area contributed by atoms with E-state index in [0.717, 1.165) is 11.1 Å². The number of thiazole rings is 1. The summed E-state index contributed by atoms with van der Waals surface area (Å²) in [6.07, 6.45) is 1.09. The molecule has 0 aliphatic rings. The van der Waals surface area contributed by atoms with Crippen LogP contribution in [0.2, 0.25) is 0 Å². The second kappa shape index (κ2) is 8.26. The smallest absolute Gasteiger partial charge is 0.387 e. The van der Waals surface area contributed by atoms with E-state index in [4.69, 9.17) is 0 Å². The van der Waals surface area contributed by atoms with Crippen LogP contribution in [0, 0.1) is 6.92 Å². The van der Waals surface area contributed by atoms with E-state index in [1.165, 1.54) is 47.7 Å². The highest BCUT2D eigenvalue weighted by atomic mass is 32.2. The molecule has 1 N–H and O–H groups in total. The second-order valence-corrected chi connectivity index (χ2v) is 9.30. The van der Waals surface area contributed by atoms with Gasteiger partial charge in [0.2, 0.25) is 0 Å². The van der Waals surface area contributed by atoms with E-state index in [9.17, 15) is 22.0 Å². The average molecular weight is 438 g/mol. The quantitative estimate of drug-likeness (QED) is 0.618. The van der Waals surface area contributed by atoms with Crippen LogP contribution < -0.4 is 10.1 Å². The van der Waals surface area contributed by atoms with E-state index in [2.05, 4.69) is 15.0 Å². The van der Waals surface area contributed by atoms with Crippen LogP contribution in [0.15, 0.2) is 53.4 Å². The highest BCUT2D eigenvalue weighted by Crippen LogP contribution is 2.31. The number of rotatable bonds is 6. The number of ether oxygens (including phenoxy) is 1. The van der Waals surface area contributed by atoms with E-state index in [0.29, 0.717) is 22.0 Å². The van der Waals surface area contributed by atoms with Crippen molar-refractivity contribution in [1.29, 1.82) is 0 Å². The zero-order chi connectivity index (χ0) is 21.2. The predicted molar refractivity (Wildman–Crippen MR) is 106 cm³/mol. The number of nitrogens with one attached hydrogen (secondary N) is 1. The molecule has 1 heterocycles. The Morgan fingerprint density at radius 1 is 1.10 bits per heavy atom. The first-order valence-corrected chi connectivity index (χ1v) is 11.0. The fourth-order valence-electron chi connectivity index (χ4n) is 2.53. The molecule has 0 saturated heterocycles. The molecule has 0 aliphatic carbocycles. The number of aromatic nitrogens is 1. The van der Waals surface area contributed by atoms with Gasteiger partial charge >= 0.3 is 6.61 Å². The van der Waals surface area contributed by atoms with Crippen LogP contribution in [-0.2, 0) is 9.84 Å². The molecular weight excluding hydrogens is 422 g/mol. The van der Waals surface area contributed by atoms with Crippen molar-refractivity contribution >= 4 is 32.2 Å². The van der Waals surface area contributed by atoms with Crippen LogP contribution in [-0.4, -0.2) is 32.2 Å². The van der Waals surface area contributed by atoms with Crippen molar-refractivity contribution in [3.8, 4) is 17.0 Å². The van der Waals surface area contributed by atoms with Gasteiger partial charge in [0, 0.05) is 22.3 Å². The van der Waals surface area contributed by atoms with Crippen molar-refractivity contribution < 1.29 is 26.7 Å². The largest absolute Gasteiger partial charge is 0.435 e. The molecule has 2 aromatic carbocycles. The van der Waals surface area contributed by atoms with Crippen LogP contribution in [0.25, 0.3) is 11.3 Å². The summed E-state index contributed by atoms with van der Waals surface area (Å²) in [5.74, 6) is -0.381. The second-order valence-electron chi connectivity index (χ2n) is 6.08. The lowest BCUT2D eigenvalue weighted by molar-refractivity contribution is -0.0498. The molecule has 1 amide bonds. The zero-order valence-corrected chi connectivity index (χ0v) is 17.0. The van der Waals surface area contributed by atoms with Crippen LogP contribution in [0.4, 0.5) is 13.9 Å². The van der Waals surface area contributed by atoms with Crippen molar-refractivity contribution in [3.63, 3.8) is 0 Å². The molecule has 0 unspecified atom stereocenters. The van der Waals surface area contributed by atoms with Gasteiger partial charge in [-0.1, -0.05) is 0 Å². The van der Waals surface area contributed by atoms with Gasteiger partial charge in [-0.25, -0.2) is 13.4 Å². The Balaban J connectivity index is 1.75. The topological polar surface area (TPSA) is 85.4 Å². The first-order chi connectivity index (χ1) is 13.6. The minimum atomic E-state index is -3.34. The number of alkyl halides is 2. The average Bonchev–Trinajstić information content (AvgIpc) is 3.01. The molecule has 0 bridgehead atoms. The van der Waals surface area contributed by atoms with Crippen molar-refractivity contribution in [2.75, 3.05) is 11.6 Å². The minimum Gasteiger partial charge on any atom is -0.435 e. The zero-order valence-electron chi connectivity index (χ0n) is 15.3. The number of benzene rings is 2. The molecule has 0 radical (unpaired) electrons. The first-order valence-electron chi connectivity index (χ1n) is 8.27. The molecule has 1 aromatic heterocycles. The van der Waals surface area contributed by atoms with E-state index < -0.39 is 22.4 Å². The fraction of sp³-hybridized carbons (Fsp3) is 0.158. The number of amides is 1. The Kier molecular flexibility index (Phi) is 5.94. The normalized spacial score (nSPS) is 11.5. The maximum atomic E-state index is 12.4. The van der Waals surface area contributed by atoms with Crippen molar-refractivity contribution in [3.05, 3.63) is 59.0 Å². The van der Waals surface area contributed by atoms with E-state index >= 15 is 0 Å². The lowest BCUT2D eigenvalue weighted by Gasteiger charge is -2.05. The Bertz CT molecular complexity index is 1130. The molecule has 6 nitrogen and oxygen atoms in total. The Hall–Kier alpha value is -2.85. The number of hydrogen-bond donors (Lipinski definition) is 1. The van der Waals surface area contributed by atoms with Crippen LogP contribution in [0.5, 0.6) is 5.75 Å². The van der Waals surface area contributed by atoms with Gasteiger partial charge in [0.15, 0.2) is 15.0 Å². The molecule has 0 spiro atoms. The lowest BCUT2D eigenvalue weighted by Crippen LogP contribution is -2.11. The first kappa shape index (κ1) is 20.9. The summed E-state index contributed by atoms with van der Waals surface area (Å²) in [5, 5.41) is 3.04. The van der Waals surface area contributed by atoms with Gasteiger partial charge in [-0.05, 0) is 55.5 Å². The Morgan fingerprint density at radius 3 is 2.28 bits per heavy atom. The minimum absolute atomic E-state index is 0.0442. The monoisotopic (exact) mass is 438 g/mol. The Morgan fingerprint density at radius 2 is 1.72 bits per heavy atom. The molecule has 10 heteroatoms. The number of sulfone groups is 1. The molecule has 0 saturated carbocycles. The third kappa shape index (κ3) is 5.15. The summed E-state index contributed by atoms with van der Waals surface area (Å²) < 4.78 is 51.8. The molecule has 3 aromatic rings. The van der Waals surface area contributed by atoms with Crippen LogP contribution in [0.3, 0.4) is 0 Å². The van der Waals surface area contributed by atoms with Gasteiger partial charge in [-0.2, -0.15) is 8.78 Å². The van der Waals surface area contributed by atoms with Gasteiger partial charge in [-0.3, -0.25) is 10.1 Å². The molecule has 0 fully saturated rings. The summed E-state index contributed by atoms with van der Waals surface area (Å²) in [6.45, 7) is -1.07. The van der Waals surface area contributed by atoms with Gasteiger partial charge in [-0.15, -0.1) is 11.3 Å². The molecule has 0 aliphatic heterocycles. The van der Waals surface area contributed by atoms with Crippen LogP contribution in [0.1, 0.15) is 15.2 Å². The summed E-state index contributed by atoms with van der Waals surface area (Å²) in [5.41, 5.74) is 1.60. The predicted octanol–water partition coefficient (Wildman–Crippen LogP) is 4.38. The number of carbonyl (C=O) groups is 1. The van der Waals surface area contributed by atoms with Gasteiger partial charge < -0.3 is 4.74 Å². The molecule has 0 atom stereocenters. The van der Waals surface area contributed by atoms with Gasteiger partial charge in [0.05, 0.1) is 10.6 Å². The number of halogens is 2. The summed E-state index contributed by atoms with van der Waals surface area (Å²) in [7, 11) is -3.34. The number of carbonyl (C=O) groups excluding carboxylic acids is 1. The molecule has 3 rings (SSSR count). The number of hydrogen-bond acceptors (Lipinski definition) is 6. The molecule has 152 valence electrons. The van der Waals surface area contributed by atoms with E-state index in [-0.39, 0.29) is 10.6 Å². The third-order valence-corrected chi connectivity index (χ3v) is 5.93. The number of aryl methyl sites for hydroxylation is 1. The molecule has 29 heavy (non-hydrogen) atoms. The lowest BCUT2D eigenvalue weighted by atomic mass is 10.1. The van der Waals surface area contributed by atoms with E-state index in [1.807, 2.05) is 6.92 Å². The van der Waals surface area contributed by atoms with E-state index in [1.54, 1.807) is 12.1 Å². The molecular formula is C19H16F2N2O4S2. The maximum Gasteiger partial charge on any atom is 0.387 e. The maximum absolute atomic E-state index is 12.4. The van der Waals surface area contributed by atoms with Crippen molar-refractivity contribution in [1.82, 2.24) is 4.98 Å². The number of anilines is 1. The van der Waals surface area contributed by atoms with Gasteiger partial charge in [0.25, 0.3) is 5.91 Å². The fourth-order valence-corrected chi connectivity index (χ4v) is 4.00. The third-order valence-electron chi connectivity index (χ3n) is 3.91. The van der Waals surface area contributed by atoms with Crippen molar-refractivity contribution in [2.24, 2.45) is 0 Å². The highest BCUT2D eigenvalue weighted by molar-refractivity contribution is 7.90. The summed E-state index contributed by atoms with van der Waals surface area (Å²) in [4.78, 5) is 17.7. The SMILES string of the molecule is Cc1sc(NC(=O)c2ccc(S(C)(=O)=O)cc2)nc1-c1ccc(OC(F)F)cc1. The standard InChI is InChI=1S/C19H16F2N2O4S2/c1-11-16(12-3-7-14(8-4-12)27-18(20)21)22-19(28-11)23-17(24)13-5-9-15(10-6-13)29(2,25)26/h3-10,18H,1-2H3,(H,22,23,24). The van der Waals surface area contributed by atoms with Crippen molar-refractivity contribution in [2.45, 2.75) is 18.4 Å². The number of nitrogens with zero attached hydrogens (tertiary/aromatic N) is 1. The summed E-state index contributed by atoms with van der Waals surface area (Å²) in [6, 6.07) is 11.6. The van der Waals surface area contributed by atoms with Crippen LogP contribution >= 0.6 is 11.3 Å². The highest BCUT2D eigenvalue weighted by Gasteiger charge is 2.15. The summed E-state index contributed by atoms with van der Waals surface area (Å²) >= 11 is 1.26. The Labute approximate surface area is 170 Å². The van der Waals surface area contributed by atoms with Gasteiger partial charge in [0.1, 0.15) is 5.75 Å².